The minimum atomic E-state index is -0.657. The molecule has 74 valence electrons. The molecule has 0 aromatic heterocycles. The molecule has 1 unspecified atom stereocenters. The van der Waals surface area contributed by atoms with E-state index in [0.717, 1.165) is 24.9 Å². The Morgan fingerprint density at radius 1 is 1.54 bits per heavy atom. The summed E-state index contributed by atoms with van der Waals surface area (Å²) in [5, 5.41) is 9.00. The molecule has 0 aromatic carbocycles. The molecule has 2 fully saturated rings. The highest BCUT2D eigenvalue weighted by atomic mass is 32.2. The van der Waals surface area contributed by atoms with Gasteiger partial charge < -0.3 is 5.11 Å². The first-order valence-electron chi connectivity index (χ1n) is 4.83. The monoisotopic (exact) mass is 201 g/mol. The van der Waals surface area contributed by atoms with E-state index in [0.29, 0.717) is 11.7 Å². The molecule has 3 nitrogen and oxygen atoms in total. The maximum Gasteiger partial charge on any atom is 0.304 e. The summed E-state index contributed by atoms with van der Waals surface area (Å²) in [5.74, 6) is 0.448. The maximum atomic E-state index is 10.5. The van der Waals surface area contributed by atoms with Crippen molar-refractivity contribution < 1.29 is 9.90 Å². The molecular formula is C9H15NO2S. The van der Waals surface area contributed by atoms with Gasteiger partial charge in [-0.3, -0.25) is 9.69 Å². The third kappa shape index (κ3) is 2.61. The predicted octanol–water partition coefficient (Wildman–Crippen LogP) is 1.04. The first-order valence-corrected chi connectivity index (χ1v) is 5.88. The van der Waals surface area contributed by atoms with Crippen LogP contribution in [0.25, 0.3) is 0 Å². The lowest BCUT2D eigenvalue weighted by atomic mass is 10.2. The highest BCUT2D eigenvalue weighted by Gasteiger charge is 2.33. The molecule has 0 amide bonds. The zero-order chi connectivity index (χ0) is 9.26. The molecule has 1 saturated heterocycles. The third-order valence-corrected chi connectivity index (χ3v) is 3.84. The van der Waals surface area contributed by atoms with E-state index < -0.39 is 5.97 Å². The van der Waals surface area contributed by atoms with E-state index in [2.05, 4.69) is 4.90 Å². The molecule has 1 atom stereocenters. The molecule has 0 spiro atoms. The van der Waals surface area contributed by atoms with E-state index in [1.54, 1.807) is 0 Å². The Morgan fingerprint density at radius 2 is 2.31 bits per heavy atom. The molecule has 1 saturated carbocycles. The lowest BCUT2D eigenvalue weighted by Gasteiger charge is -2.31. The molecule has 1 aliphatic heterocycles. The molecular weight excluding hydrogens is 186 g/mol. The number of hydrogen-bond acceptors (Lipinski definition) is 3. The van der Waals surface area contributed by atoms with E-state index in [9.17, 15) is 4.79 Å². The number of carbonyl (C=O) groups is 1. The Bertz CT molecular complexity index is 206. The summed E-state index contributed by atoms with van der Waals surface area (Å²) in [4.78, 5) is 13.0. The summed E-state index contributed by atoms with van der Waals surface area (Å²) in [7, 11) is 0. The second kappa shape index (κ2) is 3.88. The van der Waals surface area contributed by atoms with Crippen molar-refractivity contribution in [1.82, 2.24) is 4.90 Å². The number of thioether (sulfide) groups is 1. The molecule has 0 radical (unpaired) electrons. The van der Waals surface area contributed by atoms with Gasteiger partial charge in [-0.1, -0.05) is 0 Å². The minimum Gasteiger partial charge on any atom is -0.481 e. The summed E-state index contributed by atoms with van der Waals surface area (Å²) in [6, 6.07) is 0.789. The molecule has 1 N–H and O–H groups in total. The van der Waals surface area contributed by atoms with Gasteiger partial charge in [0.25, 0.3) is 0 Å². The molecule has 0 bridgehead atoms. The maximum absolute atomic E-state index is 10.5. The Kier molecular flexibility index (Phi) is 2.79. The average Bonchev–Trinajstić information content (AvgIpc) is 2.85. The van der Waals surface area contributed by atoms with Crippen molar-refractivity contribution in [2.75, 3.05) is 18.8 Å². The summed E-state index contributed by atoms with van der Waals surface area (Å²) < 4.78 is 0. The van der Waals surface area contributed by atoms with Crippen LogP contribution in [0.4, 0.5) is 0 Å². The second-order valence-corrected chi connectivity index (χ2v) is 5.23. The normalized spacial score (nSPS) is 30.3. The summed E-state index contributed by atoms with van der Waals surface area (Å²) in [5.41, 5.74) is 0. The van der Waals surface area contributed by atoms with Gasteiger partial charge in [-0.15, -0.1) is 0 Å². The van der Waals surface area contributed by atoms with Crippen LogP contribution in [0.1, 0.15) is 19.3 Å². The van der Waals surface area contributed by atoms with Gasteiger partial charge in [0.2, 0.25) is 0 Å². The van der Waals surface area contributed by atoms with E-state index in [1.165, 1.54) is 12.8 Å². The zero-order valence-corrected chi connectivity index (χ0v) is 8.42. The molecule has 1 aliphatic carbocycles. The number of carboxylic acid groups (broad SMARTS) is 1. The highest BCUT2D eigenvalue weighted by molar-refractivity contribution is 8.00. The number of hydrogen-bond donors (Lipinski definition) is 1. The Hall–Kier alpha value is -0.220. The number of aliphatic carboxylic acids is 1. The van der Waals surface area contributed by atoms with Crippen molar-refractivity contribution in [1.29, 1.82) is 0 Å². The Morgan fingerprint density at radius 3 is 2.92 bits per heavy atom. The van der Waals surface area contributed by atoms with E-state index >= 15 is 0 Å². The Balaban J connectivity index is 1.80. The fraction of sp³-hybridized carbons (Fsp3) is 0.889. The largest absolute Gasteiger partial charge is 0.481 e. The van der Waals surface area contributed by atoms with Crippen LogP contribution in [0, 0.1) is 0 Å². The van der Waals surface area contributed by atoms with Crippen molar-refractivity contribution >= 4 is 17.7 Å². The zero-order valence-electron chi connectivity index (χ0n) is 7.61. The van der Waals surface area contributed by atoms with Crippen molar-refractivity contribution in [3.05, 3.63) is 0 Å². The molecule has 2 rings (SSSR count). The Labute approximate surface area is 82.5 Å². The van der Waals surface area contributed by atoms with E-state index in [-0.39, 0.29) is 0 Å². The van der Waals surface area contributed by atoms with Crippen LogP contribution in [0.3, 0.4) is 0 Å². The van der Waals surface area contributed by atoms with E-state index in [1.807, 2.05) is 11.8 Å². The van der Waals surface area contributed by atoms with Crippen molar-refractivity contribution in [3.63, 3.8) is 0 Å². The first-order chi connectivity index (χ1) is 6.25. The van der Waals surface area contributed by atoms with Gasteiger partial charge in [0.05, 0.1) is 6.42 Å². The van der Waals surface area contributed by atoms with Crippen LogP contribution in [0.5, 0.6) is 0 Å². The first kappa shape index (κ1) is 9.34. The molecule has 2 aliphatic rings. The van der Waals surface area contributed by atoms with Crippen LogP contribution in [-0.4, -0.2) is 46.1 Å². The number of rotatable bonds is 3. The van der Waals surface area contributed by atoms with Gasteiger partial charge in [-0.05, 0) is 12.8 Å². The van der Waals surface area contributed by atoms with Crippen molar-refractivity contribution in [3.8, 4) is 0 Å². The van der Waals surface area contributed by atoms with Crippen LogP contribution < -0.4 is 0 Å². The lowest BCUT2D eigenvalue weighted by molar-refractivity contribution is -0.137. The van der Waals surface area contributed by atoms with Gasteiger partial charge in [0, 0.05) is 30.1 Å². The topological polar surface area (TPSA) is 40.5 Å². The smallest absolute Gasteiger partial charge is 0.304 e. The second-order valence-electron chi connectivity index (χ2n) is 3.82. The average molecular weight is 201 g/mol. The highest BCUT2D eigenvalue weighted by Crippen LogP contribution is 2.31. The summed E-state index contributed by atoms with van der Waals surface area (Å²) in [6.45, 7) is 2.15. The van der Waals surface area contributed by atoms with Gasteiger partial charge in [0.1, 0.15) is 0 Å². The van der Waals surface area contributed by atoms with E-state index in [4.69, 9.17) is 5.11 Å². The fourth-order valence-corrected chi connectivity index (χ4v) is 3.06. The summed E-state index contributed by atoms with van der Waals surface area (Å²) in [6.07, 6.45) is 2.98. The van der Waals surface area contributed by atoms with Gasteiger partial charge in [-0.25, -0.2) is 0 Å². The SMILES string of the molecule is O=C(O)CC1CN(C2CC2)CCS1. The van der Waals surface area contributed by atoms with Crippen molar-refractivity contribution in [2.24, 2.45) is 0 Å². The van der Waals surface area contributed by atoms with Crippen LogP contribution in [-0.2, 0) is 4.79 Å². The lowest BCUT2D eigenvalue weighted by Crippen LogP contribution is -2.39. The molecule has 1 heterocycles. The molecule has 4 heteroatoms. The van der Waals surface area contributed by atoms with Gasteiger partial charge >= 0.3 is 5.97 Å². The predicted molar refractivity (Wildman–Crippen MR) is 53.1 cm³/mol. The minimum absolute atomic E-state index is 0.326. The number of carboxylic acids is 1. The fourth-order valence-electron chi connectivity index (χ4n) is 1.83. The quantitative estimate of drug-likeness (QED) is 0.740. The standard InChI is InChI=1S/C9H15NO2S/c11-9(12)5-8-6-10(3-4-13-8)7-1-2-7/h7-8H,1-6H2,(H,11,12). The third-order valence-electron chi connectivity index (χ3n) is 2.64. The van der Waals surface area contributed by atoms with Crippen molar-refractivity contribution in [2.45, 2.75) is 30.6 Å². The van der Waals surface area contributed by atoms with Crippen LogP contribution in [0.2, 0.25) is 0 Å². The molecule has 13 heavy (non-hydrogen) atoms. The van der Waals surface area contributed by atoms with Gasteiger partial charge in [0.15, 0.2) is 0 Å². The van der Waals surface area contributed by atoms with Gasteiger partial charge in [-0.2, -0.15) is 11.8 Å². The molecule has 0 aromatic rings. The summed E-state index contributed by atoms with van der Waals surface area (Å²) >= 11 is 1.82. The number of nitrogens with zero attached hydrogens (tertiary/aromatic N) is 1. The van der Waals surface area contributed by atoms with Crippen LogP contribution in [0.15, 0.2) is 0 Å². The van der Waals surface area contributed by atoms with Crippen LogP contribution >= 0.6 is 11.8 Å².